The molecule has 7 heteroatoms. The molecule has 2 aromatic rings. The Morgan fingerprint density at radius 2 is 2.20 bits per heavy atom. The number of anilines is 1. The highest BCUT2D eigenvalue weighted by atomic mass is 32.1. The second-order valence-corrected chi connectivity index (χ2v) is 9.00. The third kappa shape index (κ3) is 3.94. The van der Waals surface area contributed by atoms with Crippen molar-refractivity contribution in [2.24, 2.45) is 0 Å². The molecule has 0 radical (unpaired) electrons. The van der Waals surface area contributed by atoms with E-state index in [1.165, 1.54) is 0 Å². The average molecular weight is 425 g/mol. The van der Waals surface area contributed by atoms with Crippen molar-refractivity contribution in [2.45, 2.75) is 45.1 Å². The summed E-state index contributed by atoms with van der Waals surface area (Å²) in [4.78, 5) is 21.7. The predicted molar refractivity (Wildman–Crippen MR) is 119 cm³/mol. The molecule has 1 atom stereocenters. The topological polar surface area (TPSA) is 69.5 Å². The first-order valence-electron chi connectivity index (χ1n) is 10.6. The summed E-state index contributed by atoms with van der Waals surface area (Å²) in [7, 11) is 1.61. The first-order chi connectivity index (χ1) is 14.5. The molecular formula is C23H28N4O2S. The lowest BCUT2D eigenvalue weighted by Crippen LogP contribution is -2.54. The SMILES string of the molecule is COCCC(=O)N1CCN(c2nc(C3CC3)c(-c3ccsc3)c(C)c2C#N)C[C@H]1C. The third-order valence-corrected chi connectivity index (χ3v) is 6.79. The summed E-state index contributed by atoms with van der Waals surface area (Å²) in [6, 6.07) is 4.62. The molecule has 4 rings (SSSR count). The van der Waals surface area contributed by atoms with Crippen LogP contribution in [0, 0.1) is 18.3 Å². The monoisotopic (exact) mass is 424 g/mol. The van der Waals surface area contributed by atoms with Crippen LogP contribution in [0.25, 0.3) is 11.1 Å². The minimum absolute atomic E-state index is 0.0673. The van der Waals surface area contributed by atoms with Crippen molar-refractivity contribution >= 4 is 23.1 Å². The number of nitriles is 1. The van der Waals surface area contributed by atoms with E-state index < -0.39 is 0 Å². The molecule has 6 nitrogen and oxygen atoms in total. The molecule has 2 fully saturated rings. The maximum absolute atomic E-state index is 12.5. The summed E-state index contributed by atoms with van der Waals surface area (Å²) in [6.45, 7) is 6.57. The van der Waals surface area contributed by atoms with Gasteiger partial charge >= 0.3 is 0 Å². The van der Waals surface area contributed by atoms with Crippen LogP contribution in [-0.4, -0.2) is 55.2 Å². The number of piperazine rings is 1. The lowest BCUT2D eigenvalue weighted by molar-refractivity contribution is -0.134. The molecule has 1 aliphatic heterocycles. The standard InChI is InChI=1S/C23H28N4O2S/c1-15-13-26(8-9-27(15)20(28)6-10-29-3)23-19(12-24)16(2)21(18-7-11-30-14-18)22(25-23)17-4-5-17/h7,11,14-15,17H,4-6,8-10,13H2,1-3H3/t15-/m1/s1. The van der Waals surface area contributed by atoms with Crippen molar-refractivity contribution in [1.82, 2.24) is 9.88 Å². The number of hydrogen-bond donors (Lipinski definition) is 0. The molecular weight excluding hydrogens is 396 g/mol. The molecule has 1 aliphatic carbocycles. The molecule has 0 aromatic carbocycles. The number of aromatic nitrogens is 1. The number of carbonyl (C=O) groups is 1. The summed E-state index contributed by atoms with van der Waals surface area (Å²) in [6.07, 6.45) is 2.73. The van der Waals surface area contributed by atoms with Crippen molar-refractivity contribution < 1.29 is 9.53 Å². The van der Waals surface area contributed by atoms with Crippen LogP contribution >= 0.6 is 11.3 Å². The van der Waals surface area contributed by atoms with Gasteiger partial charge in [0.25, 0.3) is 0 Å². The van der Waals surface area contributed by atoms with E-state index in [9.17, 15) is 10.1 Å². The van der Waals surface area contributed by atoms with Gasteiger partial charge in [-0.15, -0.1) is 0 Å². The minimum atomic E-state index is 0.0673. The van der Waals surface area contributed by atoms with Gasteiger partial charge < -0.3 is 14.5 Å². The zero-order chi connectivity index (χ0) is 21.3. The molecule has 1 saturated heterocycles. The molecule has 1 saturated carbocycles. The molecule has 1 amide bonds. The van der Waals surface area contributed by atoms with Crippen LogP contribution in [0.2, 0.25) is 0 Å². The van der Waals surface area contributed by atoms with Crippen LogP contribution in [0.5, 0.6) is 0 Å². The number of nitrogens with zero attached hydrogens (tertiary/aromatic N) is 4. The average Bonchev–Trinajstić information content (AvgIpc) is 3.45. The van der Waals surface area contributed by atoms with Gasteiger partial charge in [-0.1, -0.05) is 0 Å². The van der Waals surface area contributed by atoms with E-state index in [1.54, 1.807) is 18.4 Å². The molecule has 0 spiro atoms. The lowest BCUT2D eigenvalue weighted by Gasteiger charge is -2.41. The smallest absolute Gasteiger partial charge is 0.225 e. The normalized spacial score (nSPS) is 19.1. The van der Waals surface area contributed by atoms with Crippen LogP contribution in [0.3, 0.4) is 0 Å². The van der Waals surface area contributed by atoms with Gasteiger partial charge in [0.2, 0.25) is 5.91 Å². The number of thiophene rings is 1. The summed E-state index contributed by atoms with van der Waals surface area (Å²) >= 11 is 1.67. The minimum Gasteiger partial charge on any atom is -0.384 e. The third-order valence-electron chi connectivity index (χ3n) is 6.11. The van der Waals surface area contributed by atoms with Crippen molar-refractivity contribution in [3.8, 4) is 17.2 Å². The summed E-state index contributed by atoms with van der Waals surface area (Å²) in [5.41, 5.74) is 5.12. The summed E-state index contributed by atoms with van der Waals surface area (Å²) in [5, 5.41) is 14.2. The van der Waals surface area contributed by atoms with Gasteiger partial charge in [0.05, 0.1) is 24.3 Å². The molecule has 2 aromatic heterocycles. The van der Waals surface area contributed by atoms with Gasteiger partial charge in [-0.3, -0.25) is 4.79 Å². The van der Waals surface area contributed by atoms with Gasteiger partial charge in [0.15, 0.2) is 0 Å². The van der Waals surface area contributed by atoms with Crippen LogP contribution in [0.15, 0.2) is 16.8 Å². The van der Waals surface area contributed by atoms with Crippen molar-refractivity contribution in [2.75, 3.05) is 38.3 Å². The fourth-order valence-corrected chi connectivity index (χ4v) is 5.00. The Morgan fingerprint density at radius 1 is 1.40 bits per heavy atom. The van der Waals surface area contributed by atoms with E-state index in [4.69, 9.17) is 9.72 Å². The van der Waals surface area contributed by atoms with Gasteiger partial charge in [-0.25, -0.2) is 4.98 Å². The van der Waals surface area contributed by atoms with Gasteiger partial charge in [-0.2, -0.15) is 16.6 Å². The quantitative estimate of drug-likeness (QED) is 0.702. The van der Waals surface area contributed by atoms with E-state index in [2.05, 4.69) is 41.6 Å². The number of amides is 1. The van der Waals surface area contributed by atoms with Crippen molar-refractivity contribution in [1.29, 1.82) is 5.26 Å². The maximum atomic E-state index is 12.5. The van der Waals surface area contributed by atoms with E-state index in [0.29, 0.717) is 44.1 Å². The second-order valence-electron chi connectivity index (χ2n) is 8.22. The van der Waals surface area contributed by atoms with E-state index in [-0.39, 0.29) is 11.9 Å². The Bertz CT molecular complexity index is 963. The van der Waals surface area contributed by atoms with Crippen molar-refractivity contribution in [3.63, 3.8) is 0 Å². The van der Waals surface area contributed by atoms with Crippen LogP contribution in [0.1, 0.15) is 48.9 Å². The largest absolute Gasteiger partial charge is 0.384 e. The highest BCUT2D eigenvalue weighted by Gasteiger charge is 2.34. The van der Waals surface area contributed by atoms with Crippen molar-refractivity contribution in [3.05, 3.63) is 33.6 Å². The summed E-state index contributed by atoms with van der Waals surface area (Å²) in [5.74, 6) is 1.39. The van der Waals surface area contributed by atoms with Gasteiger partial charge in [-0.05, 0) is 54.6 Å². The number of ether oxygens (including phenoxy) is 1. The Balaban J connectivity index is 1.65. The molecule has 0 N–H and O–H groups in total. The molecule has 30 heavy (non-hydrogen) atoms. The van der Waals surface area contributed by atoms with E-state index >= 15 is 0 Å². The Labute approximate surface area is 182 Å². The molecule has 158 valence electrons. The van der Waals surface area contributed by atoms with Crippen LogP contribution in [-0.2, 0) is 9.53 Å². The predicted octanol–water partition coefficient (Wildman–Crippen LogP) is 3.94. The fraction of sp³-hybridized carbons (Fsp3) is 0.522. The van der Waals surface area contributed by atoms with Gasteiger partial charge in [0, 0.05) is 44.3 Å². The highest BCUT2D eigenvalue weighted by Crippen LogP contribution is 2.46. The fourth-order valence-electron chi connectivity index (χ4n) is 4.35. The first kappa shape index (κ1) is 20.8. The molecule has 0 unspecified atom stereocenters. The molecule has 3 heterocycles. The number of carbonyl (C=O) groups excluding carboxylic acids is 1. The first-order valence-corrected chi connectivity index (χ1v) is 11.5. The second kappa shape index (κ2) is 8.75. The number of hydrogen-bond acceptors (Lipinski definition) is 6. The van der Waals surface area contributed by atoms with Crippen LogP contribution in [0.4, 0.5) is 5.82 Å². The van der Waals surface area contributed by atoms with Gasteiger partial charge in [0.1, 0.15) is 11.9 Å². The zero-order valence-corrected chi connectivity index (χ0v) is 18.7. The summed E-state index contributed by atoms with van der Waals surface area (Å²) < 4.78 is 5.05. The number of rotatable bonds is 6. The Hall–Kier alpha value is -2.43. The van der Waals surface area contributed by atoms with E-state index in [1.807, 2.05) is 4.90 Å². The molecule has 2 aliphatic rings. The number of methoxy groups -OCH3 is 1. The Kier molecular flexibility index (Phi) is 6.07. The van der Waals surface area contributed by atoms with Crippen LogP contribution < -0.4 is 4.90 Å². The maximum Gasteiger partial charge on any atom is 0.225 e. The van der Waals surface area contributed by atoms with E-state index in [0.717, 1.165) is 41.0 Å². The Morgan fingerprint density at radius 3 is 2.80 bits per heavy atom. The number of pyridine rings is 1. The zero-order valence-electron chi connectivity index (χ0n) is 17.9. The highest BCUT2D eigenvalue weighted by molar-refractivity contribution is 7.08. The lowest BCUT2D eigenvalue weighted by atomic mass is 9.95. The molecule has 0 bridgehead atoms.